The van der Waals surface area contributed by atoms with E-state index in [1.165, 1.54) is 21.7 Å². The van der Waals surface area contributed by atoms with E-state index in [-0.39, 0.29) is 0 Å². The molecule has 1 nitrogen and oxygen atoms in total. The monoisotopic (exact) mass is 253 g/mol. The molecular formula is C16H15NS. The standard InChI is InChI=1S/C16H15NS/c1-2-17-16-14-11-7-6-10-13(14)15(18-16)12-8-4-3-5-9-12/h3-11,15H,2H2,1H3. The molecule has 1 aliphatic heterocycles. The minimum atomic E-state index is 0.396. The maximum absolute atomic E-state index is 4.62. The molecule has 1 heterocycles. The molecule has 1 atom stereocenters. The summed E-state index contributed by atoms with van der Waals surface area (Å²) in [5.41, 5.74) is 4.05. The summed E-state index contributed by atoms with van der Waals surface area (Å²) in [5, 5.41) is 1.58. The molecular weight excluding hydrogens is 238 g/mol. The number of rotatable bonds is 2. The Balaban J connectivity index is 2.08. The minimum Gasteiger partial charge on any atom is -0.278 e. The Morgan fingerprint density at radius 3 is 2.50 bits per heavy atom. The lowest BCUT2D eigenvalue weighted by molar-refractivity contribution is 1.14. The molecule has 0 aliphatic carbocycles. The molecule has 1 aliphatic rings. The summed E-state index contributed by atoms with van der Waals surface area (Å²) in [6, 6.07) is 19.3. The molecule has 18 heavy (non-hydrogen) atoms. The van der Waals surface area contributed by atoms with Gasteiger partial charge < -0.3 is 0 Å². The van der Waals surface area contributed by atoms with E-state index in [1.54, 1.807) is 0 Å². The Hall–Kier alpha value is -1.54. The van der Waals surface area contributed by atoms with Gasteiger partial charge in [-0.3, -0.25) is 4.99 Å². The topological polar surface area (TPSA) is 12.4 Å². The smallest absolute Gasteiger partial charge is 0.0989 e. The predicted molar refractivity (Wildman–Crippen MR) is 79.4 cm³/mol. The second-order valence-electron chi connectivity index (χ2n) is 4.28. The van der Waals surface area contributed by atoms with Gasteiger partial charge in [-0.1, -0.05) is 66.4 Å². The van der Waals surface area contributed by atoms with Crippen LogP contribution in [0.5, 0.6) is 0 Å². The fraction of sp³-hybridized carbons (Fsp3) is 0.188. The second-order valence-corrected chi connectivity index (χ2v) is 5.37. The molecule has 1 unspecified atom stereocenters. The summed E-state index contributed by atoms with van der Waals surface area (Å²) in [6.45, 7) is 2.93. The van der Waals surface area contributed by atoms with Gasteiger partial charge in [0, 0.05) is 12.1 Å². The van der Waals surface area contributed by atoms with Crippen molar-refractivity contribution in [1.82, 2.24) is 0 Å². The largest absolute Gasteiger partial charge is 0.278 e. The van der Waals surface area contributed by atoms with Crippen LogP contribution in [0, 0.1) is 0 Å². The van der Waals surface area contributed by atoms with E-state index < -0.39 is 0 Å². The third-order valence-electron chi connectivity index (χ3n) is 3.11. The first-order valence-electron chi connectivity index (χ1n) is 6.25. The van der Waals surface area contributed by atoms with Gasteiger partial charge in [-0.15, -0.1) is 0 Å². The van der Waals surface area contributed by atoms with E-state index in [1.807, 2.05) is 11.8 Å². The molecule has 3 rings (SSSR count). The third-order valence-corrected chi connectivity index (χ3v) is 4.44. The first-order chi connectivity index (χ1) is 8.90. The fourth-order valence-corrected chi connectivity index (χ4v) is 3.67. The molecule has 0 fully saturated rings. The lowest BCUT2D eigenvalue weighted by Gasteiger charge is -2.09. The van der Waals surface area contributed by atoms with Crippen LogP contribution in [-0.2, 0) is 0 Å². The summed E-state index contributed by atoms with van der Waals surface area (Å²) in [4.78, 5) is 4.62. The Labute approximate surface area is 112 Å². The van der Waals surface area contributed by atoms with Crippen molar-refractivity contribution in [2.75, 3.05) is 6.54 Å². The molecule has 2 heteroatoms. The molecule has 90 valence electrons. The Morgan fingerprint density at radius 1 is 1.00 bits per heavy atom. The van der Waals surface area contributed by atoms with Crippen LogP contribution in [0.2, 0.25) is 0 Å². The van der Waals surface area contributed by atoms with Crippen molar-refractivity contribution >= 4 is 16.8 Å². The highest BCUT2D eigenvalue weighted by Crippen LogP contribution is 2.45. The summed E-state index contributed by atoms with van der Waals surface area (Å²) < 4.78 is 0. The lowest BCUT2D eigenvalue weighted by atomic mass is 10.0. The van der Waals surface area contributed by atoms with Crippen LogP contribution in [0.25, 0.3) is 0 Å². The lowest BCUT2D eigenvalue weighted by Crippen LogP contribution is -1.92. The SMILES string of the molecule is CCN=C1SC(c2ccccc2)c2ccccc21. The molecule has 0 saturated heterocycles. The van der Waals surface area contributed by atoms with E-state index in [0.717, 1.165) is 6.54 Å². The minimum absolute atomic E-state index is 0.396. The van der Waals surface area contributed by atoms with Crippen LogP contribution in [0.15, 0.2) is 59.6 Å². The van der Waals surface area contributed by atoms with E-state index in [9.17, 15) is 0 Å². The van der Waals surface area contributed by atoms with Crippen molar-refractivity contribution in [1.29, 1.82) is 0 Å². The molecule has 0 N–H and O–H groups in total. The quantitative estimate of drug-likeness (QED) is 0.777. The number of aliphatic imine (C=N–C) groups is 1. The number of nitrogens with zero attached hydrogens (tertiary/aromatic N) is 1. The van der Waals surface area contributed by atoms with Gasteiger partial charge in [-0.25, -0.2) is 0 Å². The van der Waals surface area contributed by atoms with Crippen LogP contribution in [0.3, 0.4) is 0 Å². The van der Waals surface area contributed by atoms with Gasteiger partial charge in [0.25, 0.3) is 0 Å². The van der Waals surface area contributed by atoms with Gasteiger partial charge in [0.15, 0.2) is 0 Å². The molecule has 2 aromatic rings. The molecule has 2 aromatic carbocycles. The van der Waals surface area contributed by atoms with Gasteiger partial charge in [0.1, 0.15) is 0 Å². The van der Waals surface area contributed by atoms with Crippen LogP contribution in [0.1, 0.15) is 28.9 Å². The average molecular weight is 253 g/mol. The van der Waals surface area contributed by atoms with Crippen molar-refractivity contribution in [2.24, 2.45) is 4.99 Å². The number of hydrogen-bond acceptors (Lipinski definition) is 2. The summed E-state index contributed by atoms with van der Waals surface area (Å²) in [5.74, 6) is 0. The van der Waals surface area contributed by atoms with E-state index >= 15 is 0 Å². The number of hydrogen-bond donors (Lipinski definition) is 0. The van der Waals surface area contributed by atoms with Crippen molar-refractivity contribution in [2.45, 2.75) is 12.2 Å². The zero-order valence-corrected chi connectivity index (χ0v) is 11.2. The van der Waals surface area contributed by atoms with Gasteiger partial charge >= 0.3 is 0 Å². The van der Waals surface area contributed by atoms with Crippen molar-refractivity contribution in [3.8, 4) is 0 Å². The van der Waals surface area contributed by atoms with Crippen molar-refractivity contribution in [3.63, 3.8) is 0 Å². The molecule has 0 radical (unpaired) electrons. The maximum atomic E-state index is 4.62. The Morgan fingerprint density at radius 2 is 1.72 bits per heavy atom. The molecule has 0 saturated carbocycles. The predicted octanol–water partition coefficient (Wildman–Crippen LogP) is 4.29. The van der Waals surface area contributed by atoms with Crippen molar-refractivity contribution < 1.29 is 0 Å². The Bertz CT molecular complexity index is 575. The third kappa shape index (κ3) is 1.97. The van der Waals surface area contributed by atoms with E-state index in [4.69, 9.17) is 0 Å². The van der Waals surface area contributed by atoms with Gasteiger partial charge in [-0.2, -0.15) is 0 Å². The van der Waals surface area contributed by atoms with E-state index in [2.05, 4.69) is 66.5 Å². The van der Waals surface area contributed by atoms with E-state index in [0.29, 0.717) is 5.25 Å². The second kappa shape index (κ2) is 4.99. The number of fused-ring (bicyclic) bond motifs is 1. The Kier molecular flexibility index (Phi) is 3.20. The van der Waals surface area contributed by atoms with Crippen molar-refractivity contribution in [3.05, 3.63) is 71.3 Å². The van der Waals surface area contributed by atoms with Crippen LogP contribution in [-0.4, -0.2) is 11.6 Å². The highest BCUT2D eigenvalue weighted by molar-refractivity contribution is 8.15. The molecule has 0 spiro atoms. The molecule has 0 amide bonds. The summed E-state index contributed by atoms with van der Waals surface area (Å²) in [7, 11) is 0. The highest BCUT2D eigenvalue weighted by Gasteiger charge is 2.28. The summed E-state index contributed by atoms with van der Waals surface area (Å²) in [6.07, 6.45) is 0. The first kappa shape index (κ1) is 11.5. The highest BCUT2D eigenvalue weighted by atomic mass is 32.2. The van der Waals surface area contributed by atoms with Crippen LogP contribution >= 0.6 is 11.8 Å². The van der Waals surface area contributed by atoms with Gasteiger partial charge in [0.05, 0.1) is 10.3 Å². The fourth-order valence-electron chi connectivity index (χ4n) is 2.30. The summed E-state index contributed by atoms with van der Waals surface area (Å²) >= 11 is 1.87. The maximum Gasteiger partial charge on any atom is 0.0989 e. The molecule has 0 aromatic heterocycles. The molecule has 0 bridgehead atoms. The first-order valence-corrected chi connectivity index (χ1v) is 7.13. The number of benzene rings is 2. The zero-order chi connectivity index (χ0) is 12.4. The zero-order valence-electron chi connectivity index (χ0n) is 10.3. The average Bonchev–Trinajstić information content (AvgIpc) is 2.80. The van der Waals surface area contributed by atoms with Gasteiger partial charge in [-0.05, 0) is 18.1 Å². The normalized spacial score (nSPS) is 20.1. The number of thioether (sulfide) groups is 1. The van der Waals surface area contributed by atoms with Gasteiger partial charge in [0.2, 0.25) is 0 Å². The van der Waals surface area contributed by atoms with Crippen LogP contribution in [0.4, 0.5) is 0 Å². The van der Waals surface area contributed by atoms with Crippen LogP contribution < -0.4 is 0 Å².